The van der Waals surface area contributed by atoms with Crippen LogP contribution in [0.5, 0.6) is 11.5 Å². The number of carbonyl (C=O) groups excluding carboxylic acids is 1. The smallest absolute Gasteiger partial charge is 0.338 e. The van der Waals surface area contributed by atoms with Crippen LogP contribution in [0.2, 0.25) is 5.02 Å². The highest BCUT2D eigenvalue weighted by atomic mass is 35.5. The van der Waals surface area contributed by atoms with E-state index in [4.69, 9.17) is 36.1 Å². The second-order valence-electron chi connectivity index (χ2n) is 11.4. The normalized spacial score (nSPS) is 14.2. The van der Waals surface area contributed by atoms with Crippen molar-refractivity contribution in [3.05, 3.63) is 155 Å². The molecule has 1 atom stereocenters. The van der Waals surface area contributed by atoms with Gasteiger partial charge in [-0.15, -0.1) is 0 Å². The Morgan fingerprint density at radius 1 is 1.04 bits per heavy atom. The van der Waals surface area contributed by atoms with Crippen molar-refractivity contribution in [3.8, 4) is 17.6 Å². The van der Waals surface area contributed by atoms with Crippen LogP contribution in [-0.4, -0.2) is 23.2 Å². The molecule has 1 aliphatic rings. The third-order valence-corrected chi connectivity index (χ3v) is 8.90. The van der Waals surface area contributed by atoms with Crippen LogP contribution >= 0.6 is 22.9 Å². The second kappa shape index (κ2) is 14.8. The summed E-state index contributed by atoms with van der Waals surface area (Å²) in [4.78, 5) is 33.5. The third kappa shape index (κ3) is 7.36. The molecule has 0 fully saturated rings. The van der Waals surface area contributed by atoms with Crippen molar-refractivity contribution in [3.63, 3.8) is 0 Å². The van der Waals surface area contributed by atoms with E-state index in [1.807, 2.05) is 80.6 Å². The Hall–Kier alpha value is -5.43. The lowest BCUT2D eigenvalue weighted by Gasteiger charge is -2.26. The molecular weight excluding hydrogens is 658 g/mol. The molecule has 10 heteroatoms. The van der Waals surface area contributed by atoms with Crippen LogP contribution in [-0.2, 0) is 16.1 Å². The minimum atomic E-state index is -0.827. The first-order valence-corrected chi connectivity index (χ1v) is 16.9. The minimum Gasteiger partial charge on any atom is -0.491 e. The summed E-state index contributed by atoms with van der Waals surface area (Å²) in [5.41, 5.74) is 3.84. The van der Waals surface area contributed by atoms with Gasteiger partial charge in [0, 0.05) is 16.1 Å². The van der Waals surface area contributed by atoms with E-state index in [2.05, 4.69) is 6.07 Å². The zero-order valence-corrected chi connectivity index (χ0v) is 28.6. The van der Waals surface area contributed by atoms with E-state index in [0.717, 1.165) is 11.1 Å². The number of nitriles is 1. The van der Waals surface area contributed by atoms with Gasteiger partial charge in [-0.05, 0) is 80.4 Å². The molecule has 6 rings (SSSR count). The Kier molecular flexibility index (Phi) is 10.1. The maximum absolute atomic E-state index is 14.4. The van der Waals surface area contributed by atoms with Gasteiger partial charge in [0.25, 0.3) is 5.56 Å². The Labute approximate surface area is 292 Å². The van der Waals surface area contributed by atoms with Crippen LogP contribution in [0.3, 0.4) is 0 Å². The van der Waals surface area contributed by atoms with Crippen molar-refractivity contribution in [1.29, 1.82) is 5.26 Å². The molecule has 0 saturated carbocycles. The molecule has 0 amide bonds. The van der Waals surface area contributed by atoms with Gasteiger partial charge in [0.15, 0.2) is 4.80 Å². The fourth-order valence-electron chi connectivity index (χ4n) is 5.50. The SMILES string of the molecule is CCOC(=O)C1=C(c2ccccc2)N=c2s/c(=C\c3cc(Cl)ccc3OCc3ccc(C#N)cc3)c(=O)n2[C@@H]1c1ccc(OC(C)C)cc1. The fraction of sp³-hybridized carbons (Fsp3) is 0.179. The highest BCUT2D eigenvalue weighted by Crippen LogP contribution is 2.36. The summed E-state index contributed by atoms with van der Waals surface area (Å²) >= 11 is 7.63. The largest absolute Gasteiger partial charge is 0.491 e. The molecule has 0 aliphatic carbocycles. The number of aromatic nitrogens is 1. The van der Waals surface area contributed by atoms with Crippen LogP contribution in [0.1, 0.15) is 54.6 Å². The molecule has 1 aromatic heterocycles. The number of hydrogen-bond donors (Lipinski definition) is 0. The van der Waals surface area contributed by atoms with Gasteiger partial charge < -0.3 is 14.2 Å². The van der Waals surface area contributed by atoms with E-state index < -0.39 is 12.0 Å². The van der Waals surface area contributed by atoms with E-state index in [9.17, 15) is 9.59 Å². The van der Waals surface area contributed by atoms with Gasteiger partial charge in [0.1, 0.15) is 18.1 Å². The summed E-state index contributed by atoms with van der Waals surface area (Å²) in [6.45, 7) is 6.04. The van der Waals surface area contributed by atoms with Gasteiger partial charge in [-0.2, -0.15) is 5.26 Å². The monoisotopic (exact) mass is 689 g/mol. The molecule has 0 bridgehead atoms. The van der Waals surface area contributed by atoms with Crippen molar-refractivity contribution in [2.75, 3.05) is 6.61 Å². The van der Waals surface area contributed by atoms with Gasteiger partial charge >= 0.3 is 5.97 Å². The van der Waals surface area contributed by atoms with E-state index in [1.165, 1.54) is 11.3 Å². The second-order valence-corrected chi connectivity index (χ2v) is 12.9. The number of hydrogen-bond acceptors (Lipinski definition) is 8. The summed E-state index contributed by atoms with van der Waals surface area (Å²) in [5, 5.41) is 9.59. The fourth-order valence-corrected chi connectivity index (χ4v) is 6.67. The molecule has 0 saturated heterocycles. The van der Waals surface area contributed by atoms with Crippen LogP contribution in [0, 0.1) is 11.3 Å². The highest BCUT2D eigenvalue weighted by Gasteiger charge is 2.35. The zero-order chi connectivity index (χ0) is 34.5. The molecule has 4 aromatic carbocycles. The maximum Gasteiger partial charge on any atom is 0.338 e. The van der Waals surface area contributed by atoms with Gasteiger partial charge in [-0.1, -0.05) is 77.5 Å². The van der Waals surface area contributed by atoms with E-state index in [-0.39, 0.29) is 30.5 Å². The number of esters is 1. The molecule has 0 spiro atoms. The summed E-state index contributed by atoms with van der Waals surface area (Å²) in [6.07, 6.45) is 1.71. The molecular formula is C39H32ClN3O5S. The number of ether oxygens (including phenoxy) is 3. The Morgan fingerprint density at radius 3 is 2.45 bits per heavy atom. The Bertz CT molecular complexity index is 2250. The van der Waals surface area contributed by atoms with Crippen molar-refractivity contribution in [2.45, 2.75) is 39.5 Å². The number of nitrogens with zero attached hydrogens (tertiary/aromatic N) is 3. The molecule has 2 heterocycles. The average Bonchev–Trinajstić information content (AvgIpc) is 3.42. The molecule has 0 N–H and O–H groups in total. The van der Waals surface area contributed by atoms with Gasteiger partial charge in [-0.3, -0.25) is 9.36 Å². The maximum atomic E-state index is 14.4. The van der Waals surface area contributed by atoms with E-state index in [1.54, 1.807) is 47.9 Å². The number of carbonyl (C=O) groups is 1. The first-order valence-electron chi connectivity index (χ1n) is 15.7. The summed E-state index contributed by atoms with van der Waals surface area (Å²) < 4.78 is 19.5. The predicted molar refractivity (Wildman–Crippen MR) is 190 cm³/mol. The van der Waals surface area contributed by atoms with Gasteiger partial charge in [-0.25, -0.2) is 9.79 Å². The zero-order valence-electron chi connectivity index (χ0n) is 27.1. The van der Waals surface area contributed by atoms with E-state index in [0.29, 0.717) is 48.2 Å². The van der Waals surface area contributed by atoms with Gasteiger partial charge in [0.2, 0.25) is 0 Å². The molecule has 1 aliphatic heterocycles. The lowest BCUT2D eigenvalue weighted by molar-refractivity contribution is -0.138. The molecule has 0 unspecified atom stereocenters. The number of thiazole rings is 1. The summed E-state index contributed by atoms with van der Waals surface area (Å²) in [7, 11) is 0. The van der Waals surface area contributed by atoms with Crippen molar-refractivity contribution < 1.29 is 19.0 Å². The quantitative estimate of drug-likeness (QED) is 0.149. The minimum absolute atomic E-state index is 0.0207. The van der Waals surface area contributed by atoms with Crippen molar-refractivity contribution >= 4 is 40.7 Å². The molecule has 49 heavy (non-hydrogen) atoms. The van der Waals surface area contributed by atoms with E-state index >= 15 is 0 Å². The average molecular weight is 690 g/mol. The lowest BCUT2D eigenvalue weighted by atomic mass is 9.93. The molecule has 5 aromatic rings. The van der Waals surface area contributed by atoms with Crippen LogP contribution < -0.4 is 24.4 Å². The topological polar surface area (TPSA) is 103 Å². The van der Waals surface area contributed by atoms with Crippen LogP contribution in [0.15, 0.2) is 112 Å². The third-order valence-electron chi connectivity index (χ3n) is 7.68. The van der Waals surface area contributed by atoms with Crippen molar-refractivity contribution in [1.82, 2.24) is 4.57 Å². The summed E-state index contributed by atoms with van der Waals surface area (Å²) in [5.74, 6) is 0.639. The van der Waals surface area contributed by atoms with Crippen LogP contribution in [0.4, 0.5) is 0 Å². The summed E-state index contributed by atoms with van der Waals surface area (Å²) in [6, 6.07) is 30.4. The predicted octanol–water partition coefficient (Wildman–Crippen LogP) is 6.83. The standard InChI is InChI=1S/C39H32ClN3O5S/c1-4-46-38(45)34-35(27-8-6-5-7-9-27)42-39-43(36(34)28-14-17-31(18-15-28)48-24(2)3)37(44)33(49-39)21-29-20-30(40)16-19-32(29)47-23-26-12-10-25(22-41)11-13-26/h5-21,24,36H,4,23H2,1-3H3/b33-21-/t36-/m1/s1. The highest BCUT2D eigenvalue weighted by molar-refractivity contribution is 7.07. The van der Waals surface area contributed by atoms with Gasteiger partial charge in [0.05, 0.1) is 46.2 Å². The number of halogens is 1. The Balaban J connectivity index is 1.51. The lowest BCUT2D eigenvalue weighted by Crippen LogP contribution is -2.40. The number of rotatable bonds is 10. The number of fused-ring (bicyclic) bond motifs is 1. The molecule has 0 radical (unpaired) electrons. The number of benzene rings is 4. The first kappa shape index (κ1) is 33.5. The van der Waals surface area contributed by atoms with Crippen molar-refractivity contribution in [2.24, 2.45) is 4.99 Å². The van der Waals surface area contributed by atoms with Crippen LogP contribution in [0.25, 0.3) is 11.8 Å². The molecule has 8 nitrogen and oxygen atoms in total. The Morgan fingerprint density at radius 2 is 1.78 bits per heavy atom. The first-order chi connectivity index (χ1) is 23.7. The molecule has 246 valence electrons.